The highest BCUT2D eigenvalue weighted by Gasteiger charge is 2.34. The van der Waals surface area contributed by atoms with E-state index in [9.17, 15) is 35.9 Å². The van der Waals surface area contributed by atoms with Gasteiger partial charge in [-0.05, 0) is 49.2 Å². The molecule has 184 valence electrons. The molecule has 0 spiro atoms. The molecular formula is C23H21ClF6N2O2. The zero-order valence-electron chi connectivity index (χ0n) is 17.8. The molecule has 0 heterocycles. The predicted molar refractivity (Wildman–Crippen MR) is 115 cm³/mol. The van der Waals surface area contributed by atoms with Crippen LogP contribution in [0, 0.1) is 0 Å². The molecule has 3 rings (SSSR count). The molecule has 1 saturated carbocycles. The highest BCUT2D eigenvalue weighted by molar-refractivity contribution is 6.34. The highest BCUT2D eigenvalue weighted by Crippen LogP contribution is 2.38. The van der Waals surface area contributed by atoms with Crippen LogP contribution < -0.4 is 10.2 Å². The van der Waals surface area contributed by atoms with Crippen LogP contribution in [0.3, 0.4) is 0 Å². The maximum Gasteiger partial charge on any atom is 0.416 e. The lowest BCUT2D eigenvalue weighted by Gasteiger charge is -2.35. The van der Waals surface area contributed by atoms with Crippen LogP contribution in [0.2, 0.25) is 5.02 Å². The zero-order chi connectivity index (χ0) is 25.1. The zero-order valence-corrected chi connectivity index (χ0v) is 18.5. The number of hydrogen-bond donors (Lipinski definition) is 1. The van der Waals surface area contributed by atoms with Crippen LogP contribution in [0.25, 0.3) is 0 Å². The van der Waals surface area contributed by atoms with Crippen molar-refractivity contribution < 1.29 is 35.9 Å². The van der Waals surface area contributed by atoms with E-state index in [1.165, 1.54) is 4.90 Å². The summed E-state index contributed by atoms with van der Waals surface area (Å²) in [5.41, 5.74) is -2.43. The van der Waals surface area contributed by atoms with E-state index in [1.54, 1.807) is 0 Å². The fourth-order valence-corrected chi connectivity index (χ4v) is 4.14. The molecule has 0 unspecified atom stereocenters. The third-order valence-corrected chi connectivity index (χ3v) is 5.91. The number of carbonyl (C=O) groups excluding carboxylic acids is 2. The molecule has 2 amide bonds. The SMILES string of the molecule is O=C(NCC(=O)N(c1cc(C(F)(F)F)ccc1Cl)C1CCCCC1)c1cccc(C(F)(F)F)c1. The Balaban J connectivity index is 1.84. The summed E-state index contributed by atoms with van der Waals surface area (Å²) in [5, 5.41) is 2.21. The van der Waals surface area contributed by atoms with Gasteiger partial charge in [-0.25, -0.2) is 0 Å². The Morgan fingerprint density at radius 3 is 2.15 bits per heavy atom. The second-order valence-corrected chi connectivity index (χ2v) is 8.39. The van der Waals surface area contributed by atoms with Gasteiger partial charge in [0.2, 0.25) is 5.91 Å². The first-order valence-electron chi connectivity index (χ1n) is 10.5. The van der Waals surface area contributed by atoms with Gasteiger partial charge in [-0.2, -0.15) is 26.3 Å². The second-order valence-electron chi connectivity index (χ2n) is 7.98. The number of rotatable bonds is 5. The molecule has 0 saturated heterocycles. The van der Waals surface area contributed by atoms with Gasteiger partial charge in [-0.15, -0.1) is 0 Å². The summed E-state index contributed by atoms with van der Waals surface area (Å²) >= 11 is 6.17. The van der Waals surface area contributed by atoms with Crippen molar-refractivity contribution in [3.8, 4) is 0 Å². The summed E-state index contributed by atoms with van der Waals surface area (Å²) in [6.45, 7) is -0.627. The number of halogens is 7. The van der Waals surface area contributed by atoms with Gasteiger partial charge >= 0.3 is 12.4 Å². The second kappa shape index (κ2) is 10.2. The molecule has 0 aliphatic heterocycles. The van der Waals surface area contributed by atoms with Crippen molar-refractivity contribution in [3.63, 3.8) is 0 Å². The van der Waals surface area contributed by atoms with Gasteiger partial charge in [-0.1, -0.05) is 36.9 Å². The quantitative estimate of drug-likeness (QED) is 0.472. The molecule has 1 fully saturated rings. The number of nitrogens with one attached hydrogen (secondary N) is 1. The maximum absolute atomic E-state index is 13.3. The Morgan fingerprint density at radius 2 is 1.53 bits per heavy atom. The molecule has 2 aromatic rings. The first-order chi connectivity index (χ1) is 15.9. The monoisotopic (exact) mass is 506 g/mol. The number of amides is 2. The van der Waals surface area contributed by atoms with Crippen LogP contribution in [-0.2, 0) is 17.1 Å². The van der Waals surface area contributed by atoms with Crippen molar-refractivity contribution in [2.75, 3.05) is 11.4 Å². The topological polar surface area (TPSA) is 49.4 Å². The van der Waals surface area contributed by atoms with Gasteiger partial charge in [0.05, 0.1) is 28.4 Å². The fraction of sp³-hybridized carbons (Fsp3) is 0.391. The summed E-state index contributed by atoms with van der Waals surface area (Å²) in [4.78, 5) is 26.7. The number of anilines is 1. The lowest BCUT2D eigenvalue weighted by molar-refractivity contribution is -0.138. The van der Waals surface area contributed by atoms with Crippen molar-refractivity contribution in [3.05, 3.63) is 64.2 Å². The number of carbonyl (C=O) groups is 2. The first-order valence-corrected chi connectivity index (χ1v) is 10.9. The molecule has 0 bridgehead atoms. The van der Waals surface area contributed by atoms with E-state index in [-0.39, 0.29) is 16.3 Å². The Labute approximate surface area is 196 Å². The van der Waals surface area contributed by atoms with E-state index in [1.807, 2.05) is 0 Å². The standard InChI is InChI=1S/C23H21ClF6N2O2/c24-18-10-9-16(23(28,29)30)12-19(18)32(17-7-2-1-3-8-17)20(33)13-31-21(34)14-5-4-6-15(11-14)22(25,26)27/h4-6,9-12,17H,1-3,7-8,13H2,(H,31,34). The van der Waals surface area contributed by atoms with E-state index >= 15 is 0 Å². The minimum absolute atomic E-state index is 0.0591. The third-order valence-electron chi connectivity index (χ3n) is 5.59. The van der Waals surface area contributed by atoms with Crippen molar-refractivity contribution in [1.82, 2.24) is 5.32 Å². The van der Waals surface area contributed by atoms with E-state index in [0.29, 0.717) is 18.9 Å². The van der Waals surface area contributed by atoms with Crippen LogP contribution in [0.4, 0.5) is 32.0 Å². The Hall–Kier alpha value is -2.75. The van der Waals surface area contributed by atoms with E-state index < -0.39 is 47.9 Å². The largest absolute Gasteiger partial charge is 0.416 e. The smallest absolute Gasteiger partial charge is 0.343 e. The molecular weight excluding hydrogens is 486 g/mol. The summed E-state index contributed by atoms with van der Waals surface area (Å²) < 4.78 is 78.6. The number of alkyl halides is 6. The summed E-state index contributed by atoms with van der Waals surface area (Å²) in [6, 6.07) is 5.93. The lowest BCUT2D eigenvalue weighted by Crippen LogP contribution is -2.47. The minimum Gasteiger partial charge on any atom is -0.343 e. The van der Waals surface area contributed by atoms with Crippen molar-refractivity contribution in [1.29, 1.82) is 0 Å². The maximum atomic E-state index is 13.3. The van der Waals surface area contributed by atoms with Crippen molar-refractivity contribution in [2.45, 2.75) is 50.5 Å². The summed E-state index contributed by atoms with van der Waals surface area (Å²) in [6.07, 6.45) is -5.77. The lowest BCUT2D eigenvalue weighted by atomic mass is 9.93. The van der Waals surface area contributed by atoms with Crippen molar-refractivity contribution in [2.24, 2.45) is 0 Å². The first kappa shape index (κ1) is 25.9. The van der Waals surface area contributed by atoms with Gasteiger partial charge < -0.3 is 10.2 Å². The molecule has 1 N–H and O–H groups in total. The number of benzene rings is 2. The molecule has 0 aromatic heterocycles. The van der Waals surface area contributed by atoms with Crippen LogP contribution in [0.15, 0.2) is 42.5 Å². The molecule has 2 aromatic carbocycles. The minimum atomic E-state index is -4.65. The molecule has 34 heavy (non-hydrogen) atoms. The van der Waals surface area contributed by atoms with Gasteiger partial charge in [0.25, 0.3) is 5.91 Å². The molecule has 4 nitrogen and oxygen atoms in total. The molecule has 0 atom stereocenters. The molecule has 0 radical (unpaired) electrons. The average Bonchev–Trinajstić information content (AvgIpc) is 2.78. The van der Waals surface area contributed by atoms with Gasteiger partial charge in [-0.3, -0.25) is 9.59 Å². The van der Waals surface area contributed by atoms with Crippen LogP contribution in [-0.4, -0.2) is 24.4 Å². The van der Waals surface area contributed by atoms with Gasteiger partial charge in [0, 0.05) is 11.6 Å². The van der Waals surface area contributed by atoms with E-state index in [0.717, 1.165) is 55.7 Å². The molecule has 11 heteroatoms. The summed E-state index contributed by atoms with van der Waals surface area (Å²) in [5.74, 6) is -1.63. The van der Waals surface area contributed by atoms with Crippen LogP contribution in [0.5, 0.6) is 0 Å². The Kier molecular flexibility index (Phi) is 7.80. The molecule has 1 aliphatic rings. The van der Waals surface area contributed by atoms with E-state index in [2.05, 4.69) is 5.32 Å². The average molecular weight is 507 g/mol. The Bertz CT molecular complexity index is 1050. The van der Waals surface area contributed by atoms with Crippen molar-refractivity contribution >= 4 is 29.1 Å². The van der Waals surface area contributed by atoms with Gasteiger partial charge in [0.1, 0.15) is 0 Å². The van der Waals surface area contributed by atoms with Gasteiger partial charge in [0.15, 0.2) is 0 Å². The number of nitrogens with zero attached hydrogens (tertiary/aromatic N) is 1. The third kappa shape index (κ3) is 6.22. The Morgan fingerprint density at radius 1 is 0.912 bits per heavy atom. The number of hydrogen-bond acceptors (Lipinski definition) is 2. The predicted octanol–water partition coefficient (Wildman–Crippen LogP) is 6.47. The molecule has 1 aliphatic carbocycles. The normalized spacial score (nSPS) is 15.1. The highest BCUT2D eigenvalue weighted by atomic mass is 35.5. The van der Waals surface area contributed by atoms with E-state index in [4.69, 9.17) is 11.6 Å². The van der Waals surface area contributed by atoms with Crippen LogP contribution in [0.1, 0.15) is 53.6 Å². The van der Waals surface area contributed by atoms with Crippen LogP contribution >= 0.6 is 11.6 Å². The fourth-order valence-electron chi connectivity index (χ4n) is 3.93. The summed E-state index contributed by atoms with van der Waals surface area (Å²) in [7, 11) is 0.